The predicted molar refractivity (Wildman–Crippen MR) is 69.3 cm³/mol. The lowest BCUT2D eigenvalue weighted by atomic mass is 9.61. The molecule has 1 aliphatic rings. The summed E-state index contributed by atoms with van der Waals surface area (Å²) in [5.74, 6) is -0.567. The molecule has 0 unspecified atom stereocenters. The summed E-state index contributed by atoms with van der Waals surface area (Å²) in [6, 6.07) is 5.61. The zero-order valence-corrected chi connectivity index (χ0v) is 10.6. The summed E-state index contributed by atoms with van der Waals surface area (Å²) in [4.78, 5) is 12.3. The predicted octanol–water partition coefficient (Wildman–Crippen LogP) is 1.93. The number of hydrogen-bond donors (Lipinski definition) is 3. The van der Waals surface area contributed by atoms with Crippen LogP contribution in [0.2, 0.25) is 0 Å². The van der Waals surface area contributed by atoms with E-state index in [1.54, 1.807) is 6.07 Å². The van der Waals surface area contributed by atoms with Gasteiger partial charge in [-0.25, -0.2) is 4.39 Å². The average molecular weight is 265 g/mol. The van der Waals surface area contributed by atoms with Crippen LogP contribution in [0.15, 0.2) is 29.4 Å². The van der Waals surface area contributed by atoms with Crippen LogP contribution in [-0.2, 0) is 4.79 Å². The van der Waals surface area contributed by atoms with Crippen LogP contribution in [-0.4, -0.2) is 17.0 Å². The quantitative estimate of drug-likeness (QED) is 0.338. The van der Waals surface area contributed by atoms with Gasteiger partial charge in [0.25, 0.3) is 0 Å². The number of anilines is 1. The van der Waals surface area contributed by atoms with Crippen LogP contribution in [0, 0.1) is 17.2 Å². The summed E-state index contributed by atoms with van der Waals surface area (Å²) < 4.78 is 13.1. The van der Waals surface area contributed by atoms with E-state index in [1.165, 1.54) is 18.2 Å². The molecule has 102 valence electrons. The second kappa shape index (κ2) is 4.87. The fourth-order valence-corrected chi connectivity index (χ4v) is 2.55. The highest BCUT2D eigenvalue weighted by atomic mass is 19.1. The first kappa shape index (κ1) is 13.3. The number of carbonyl (C=O) groups is 1. The van der Waals surface area contributed by atoms with Gasteiger partial charge in [0.05, 0.1) is 0 Å². The van der Waals surface area contributed by atoms with Crippen molar-refractivity contribution < 1.29 is 14.4 Å². The van der Waals surface area contributed by atoms with Gasteiger partial charge >= 0.3 is 0 Å². The monoisotopic (exact) mass is 265 g/mol. The van der Waals surface area contributed by atoms with Crippen LogP contribution in [0.1, 0.15) is 19.8 Å². The number of nitrogens with zero attached hydrogens (tertiary/aromatic N) is 1. The molecule has 0 atom stereocenters. The van der Waals surface area contributed by atoms with E-state index in [0.29, 0.717) is 24.4 Å². The molecule has 5 nitrogen and oxygen atoms in total. The molecular formula is C13H16FN3O2. The zero-order chi connectivity index (χ0) is 14.0. The van der Waals surface area contributed by atoms with Gasteiger partial charge in [-0.2, -0.15) is 0 Å². The lowest BCUT2D eigenvalue weighted by molar-refractivity contribution is -0.127. The highest BCUT2D eigenvalue weighted by Crippen LogP contribution is 2.46. The van der Waals surface area contributed by atoms with Gasteiger partial charge in [-0.1, -0.05) is 18.1 Å². The number of hydrogen-bond acceptors (Lipinski definition) is 3. The number of rotatable bonds is 3. The maximum absolute atomic E-state index is 13.1. The molecule has 4 N–H and O–H groups in total. The average Bonchev–Trinajstić information content (AvgIpc) is 2.33. The number of amides is 1. The molecule has 0 saturated heterocycles. The molecule has 1 amide bonds. The SMILES string of the molecule is CC1CC(C(=O)Nc2cccc(F)c2)(/C(N)=N/O)C1. The van der Waals surface area contributed by atoms with E-state index in [-0.39, 0.29) is 11.7 Å². The normalized spacial score (nSPS) is 26.6. The summed E-state index contributed by atoms with van der Waals surface area (Å²) >= 11 is 0. The van der Waals surface area contributed by atoms with Gasteiger partial charge in [0.15, 0.2) is 5.84 Å². The molecule has 0 heterocycles. The Hall–Kier alpha value is -2.11. The summed E-state index contributed by atoms with van der Waals surface area (Å²) in [5.41, 5.74) is 5.00. The van der Waals surface area contributed by atoms with Crippen molar-refractivity contribution in [3.8, 4) is 0 Å². The van der Waals surface area contributed by atoms with E-state index in [9.17, 15) is 9.18 Å². The van der Waals surface area contributed by atoms with Gasteiger partial charge in [-0.05, 0) is 37.0 Å². The first-order chi connectivity index (χ1) is 8.98. The van der Waals surface area contributed by atoms with Gasteiger partial charge in [-0.15, -0.1) is 0 Å². The molecule has 0 radical (unpaired) electrons. The fourth-order valence-electron chi connectivity index (χ4n) is 2.55. The lowest BCUT2D eigenvalue weighted by Gasteiger charge is -2.43. The van der Waals surface area contributed by atoms with Crippen LogP contribution in [0.5, 0.6) is 0 Å². The Balaban J connectivity index is 2.18. The molecule has 2 rings (SSSR count). The third-order valence-electron chi connectivity index (χ3n) is 3.51. The maximum atomic E-state index is 13.1. The van der Waals surface area contributed by atoms with E-state index in [2.05, 4.69) is 10.5 Å². The molecular weight excluding hydrogens is 249 g/mol. The second-order valence-electron chi connectivity index (χ2n) is 5.05. The number of amidine groups is 1. The van der Waals surface area contributed by atoms with Crippen LogP contribution in [0.3, 0.4) is 0 Å². The Morgan fingerprint density at radius 3 is 2.79 bits per heavy atom. The third-order valence-corrected chi connectivity index (χ3v) is 3.51. The van der Waals surface area contributed by atoms with Crippen molar-refractivity contribution in [2.75, 3.05) is 5.32 Å². The van der Waals surface area contributed by atoms with Crippen LogP contribution in [0.4, 0.5) is 10.1 Å². The standard InChI is InChI=1S/C13H16FN3O2/c1-8-6-13(7-8,11(15)17-19)12(18)16-10-4-2-3-9(14)5-10/h2-5,8,19H,6-7H2,1H3,(H2,15,17)(H,16,18). The molecule has 0 bridgehead atoms. The molecule has 1 aromatic rings. The molecule has 1 saturated carbocycles. The third kappa shape index (κ3) is 2.38. The van der Waals surface area contributed by atoms with Crippen molar-refractivity contribution in [3.05, 3.63) is 30.1 Å². The number of nitrogens with one attached hydrogen (secondary N) is 1. The van der Waals surface area contributed by atoms with Crippen LogP contribution < -0.4 is 11.1 Å². The molecule has 1 aliphatic carbocycles. The molecule has 1 aromatic carbocycles. The topological polar surface area (TPSA) is 87.7 Å². The second-order valence-corrected chi connectivity index (χ2v) is 5.05. The van der Waals surface area contributed by atoms with Crippen molar-refractivity contribution >= 4 is 17.4 Å². The zero-order valence-electron chi connectivity index (χ0n) is 10.6. The molecule has 0 spiro atoms. The summed E-state index contributed by atoms with van der Waals surface area (Å²) in [6.07, 6.45) is 1.04. The summed E-state index contributed by atoms with van der Waals surface area (Å²) in [5, 5.41) is 14.4. The Bertz CT molecular complexity index is 524. The first-order valence-electron chi connectivity index (χ1n) is 6.03. The molecule has 1 fully saturated rings. The Kier molecular flexibility index (Phi) is 3.42. The van der Waals surface area contributed by atoms with Crippen molar-refractivity contribution in [1.82, 2.24) is 0 Å². The summed E-state index contributed by atoms with van der Waals surface area (Å²) in [7, 11) is 0. The van der Waals surface area contributed by atoms with E-state index >= 15 is 0 Å². The van der Waals surface area contributed by atoms with Crippen molar-refractivity contribution in [1.29, 1.82) is 0 Å². The van der Waals surface area contributed by atoms with Gasteiger partial charge in [0.1, 0.15) is 11.2 Å². The number of benzene rings is 1. The molecule has 6 heteroatoms. The van der Waals surface area contributed by atoms with Crippen molar-refractivity contribution in [2.45, 2.75) is 19.8 Å². The lowest BCUT2D eigenvalue weighted by Crippen LogP contribution is -2.54. The van der Waals surface area contributed by atoms with Crippen LogP contribution >= 0.6 is 0 Å². The van der Waals surface area contributed by atoms with E-state index in [4.69, 9.17) is 10.9 Å². The minimum atomic E-state index is -0.986. The highest BCUT2D eigenvalue weighted by molar-refractivity contribution is 6.12. The number of carbonyl (C=O) groups excluding carboxylic acids is 1. The minimum absolute atomic E-state index is 0.0977. The summed E-state index contributed by atoms with van der Waals surface area (Å²) in [6.45, 7) is 1.98. The Morgan fingerprint density at radius 1 is 1.58 bits per heavy atom. The van der Waals surface area contributed by atoms with Gasteiger partial charge < -0.3 is 16.3 Å². The fraction of sp³-hybridized carbons (Fsp3) is 0.385. The van der Waals surface area contributed by atoms with E-state index in [1.807, 2.05) is 6.92 Å². The molecule has 0 aromatic heterocycles. The highest BCUT2D eigenvalue weighted by Gasteiger charge is 2.52. The molecule has 0 aliphatic heterocycles. The largest absolute Gasteiger partial charge is 0.409 e. The van der Waals surface area contributed by atoms with Crippen molar-refractivity contribution in [3.63, 3.8) is 0 Å². The van der Waals surface area contributed by atoms with E-state index < -0.39 is 11.2 Å². The number of oxime groups is 1. The Morgan fingerprint density at radius 2 is 2.26 bits per heavy atom. The minimum Gasteiger partial charge on any atom is -0.409 e. The van der Waals surface area contributed by atoms with Gasteiger partial charge in [0, 0.05) is 5.69 Å². The first-order valence-corrected chi connectivity index (χ1v) is 6.03. The van der Waals surface area contributed by atoms with Crippen molar-refractivity contribution in [2.24, 2.45) is 22.2 Å². The van der Waals surface area contributed by atoms with Gasteiger partial charge in [0.2, 0.25) is 5.91 Å². The smallest absolute Gasteiger partial charge is 0.238 e. The van der Waals surface area contributed by atoms with Gasteiger partial charge in [-0.3, -0.25) is 4.79 Å². The molecule has 19 heavy (non-hydrogen) atoms. The maximum Gasteiger partial charge on any atom is 0.238 e. The Labute approximate surface area is 110 Å². The van der Waals surface area contributed by atoms with E-state index in [0.717, 1.165) is 0 Å². The van der Waals surface area contributed by atoms with Crippen LogP contribution in [0.25, 0.3) is 0 Å². The number of nitrogens with two attached hydrogens (primary N) is 1. The number of halogens is 1.